The number of benzene rings is 1. The van der Waals surface area contributed by atoms with Crippen molar-refractivity contribution in [3.05, 3.63) is 47.8 Å². The second-order valence-corrected chi connectivity index (χ2v) is 8.97. The third-order valence-electron chi connectivity index (χ3n) is 5.94. The van der Waals surface area contributed by atoms with E-state index in [0.717, 1.165) is 18.4 Å². The minimum absolute atomic E-state index is 0.0497. The van der Waals surface area contributed by atoms with Gasteiger partial charge in [0.25, 0.3) is 0 Å². The number of hydrogen-bond donors (Lipinski definition) is 0. The summed E-state index contributed by atoms with van der Waals surface area (Å²) in [6.07, 6.45) is 5.68. The molecular formula is C23H21ClF2N2O4. The first kappa shape index (κ1) is 21.2. The first-order chi connectivity index (χ1) is 15.4. The lowest BCUT2D eigenvalue weighted by Crippen LogP contribution is -2.41. The van der Waals surface area contributed by atoms with Gasteiger partial charge in [-0.2, -0.15) is 8.78 Å². The van der Waals surface area contributed by atoms with Crippen LogP contribution in [-0.4, -0.2) is 42.1 Å². The summed E-state index contributed by atoms with van der Waals surface area (Å²) in [5, 5.41) is 0. The average molecular weight is 463 g/mol. The van der Waals surface area contributed by atoms with E-state index < -0.39 is 11.5 Å². The first-order valence-corrected chi connectivity index (χ1v) is 10.7. The third-order valence-corrected chi connectivity index (χ3v) is 6.38. The number of methoxy groups -OCH3 is 1. The van der Waals surface area contributed by atoms with Crippen LogP contribution >= 0.6 is 11.6 Å². The molecule has 0 bridgehead atoms. The highest BCUT2D eigenvalue weighted by atomic mass is 35.5. The summed E-state index contributed by atoms with van der Waals surface area (Å²) in [4.78, 5) is 16.7. The lowest BCUT2D eigenvalue weighted by Gasteiger charge is -2.35. The van der Waals surface area contributed by atoms with Gasteiger partial charge in [-0.3, -0.25) is 9.20 Å². The van der Waals surface area contributed by atoms with Gasteiger partial charge in [-0.15, -0.1) is 11.6 Å². The molecule has 1 saturated carbocycles. The fraction of sp³-hybridized carbons (Fsp3) is 0.391. The molecule has 0 radical (unpaired) electrons. The number of carbonyl (C=O) groups is 1. The van der Waals surface area contributed by atoms with Gasteiger partial charge in [0, 0.05) is 18.2 Å². The molecule has 2 aliphatic rings. The Morgan fingerprint density at radius 1 is 1.31 bits per heavy atom. The Labute approximate surface area is 188 Å². The van der Waals surface area contributed by atoms with Gasteiger partial charge in [-0.1, -0.05) is 0 Å². The van der Waals surface area contributed by atoms with Crippen LogP contribution in [0, 0.1) is 5.92 Å². The summed E-state index contributed by atoms with van der Waals surface area (Å²) >= 11 is 6.56. The Hall–Kier alpha value is -2.71. The summed E-state index contributed by atoms with van der Waals surface area (Å²) in [7, 11) is 1.40. The van der Waals surface area contributed by atoms with Crippen molar-refractivity contribution < 1.29 is 27.8 Å². The maximum Gasteiger partial charge on any atom is 0.387 e. The summed E-state index contributed by atoms with van der Waals surface area (Å²) in [6, 6.07) is 6.85. The van der Waals surface area contributed by atoms with E-state index in [9.17, 15) is 13.6 Å². The van der Waals surface area contributed by atoms with Crippen LogP contribution in [0.15, 0.2) is 36.7 Å². The predicted octanol–water partition coefficient (Wildman–Crippen LogP) is 5.06. The molecule has 0 N–H and O–H groups in total. The zero-order chi connectivity index (χ0) is 22.5. The van der Waals surface area contributed by atoms with Crippen molar-refractivity contribution in [2.75, 3.05) is 20.3 Å². The number of ketones is 1. The number of carbonyl (C=O) groups excluding carboxylic acids is 1. The number of Topliss-reactive ketones (excluding diaryl/α,β-unsaturated/α-hetero) is 1. The lowest BCUT2D eigenvalue weighted by molar-refractivity contribution is -0.0502. The molecule has 6 nitrogen and oxygen atoms in total. The molecule has 3 heterocycles. The van der Waals surface area contributed by atoms with Crippen LogP contribution in [0.5, 0.6) is 11.5 Å². The van der Waals surface area contributed by atoms with Gasteiger partial charge >= 0.3 is 6.61 Å². The van der Waals surface area contributed by atoms with Gasteiger partial charge in [0.05, 0.1) is 32.2 Å². The molecular weight excluding hydrogens is 442 g/mol. The molecule has 9 heteroatoms. The number of fused-ring (bicyclic) bond motifs is 1. The highest BCUT2D eigenvalue weighted by Gasteiger charge is 2.38. The lowest BCUT2D eigenvalue weighted by atomic mass is 9.97. The van der Waals surface area contributed by atoms with Crippen molar-refractivity contribution in [2.45, 2.75) is 30.7 Å². The quantitative estimate of drug-likeness (QED) is 0.346. The molecule has 0 unspecified atom stereocenters. The number of hydrogen-bond acceptors (Lipinski definition) is 5. The van der Waals surface area contributed by atoms with Gasteiger partial charge in [0.1, 0.15) is 27.6 Å². The van der Waals surface area contributed by atoms with E-state index in [4.69, 9.17) is 25.8 Å². The average Bonchev–Trinajstić information content (AvgIpc) is 3.45. The van der Waals surface area contributed by atoms with Crippen molar-refractivity contribution in [3.8, 4) is 22.8 Å². The maximum absolute atomic E-state index is 13.2. The molecule has 168 valence electrons. The van der Waals surface area contributed by atoms with Crippen molar-refractivity contribution >= 4 is 23.0 Å². The van der Waals surface area contributed by atoms with Crippen LogP contribution in [0.1, 0.15) is 35.2 Å². The largest absolute Gasteiger partial charge is 0.496 e. The molecule has 32 heavy (non-hydrogen) atoms. The Kier molecular flexibility index (Phi) is 5.29. The van der Waals surface area contributed by atoms with E-state index in [2.05, 4.69) is 4.98 Å². The Morgan fingerprint density at radius 2 is 2.06 bits per heavy atom. The van der Waals surface area contributed by atoms with Crippen LogP contribution in [-0.2, 0) is 9.61 Å². The van der Waals surface area contributed by atoms with Gasteiger partial charge in [0.15, 0.2) is 5.78 Å². The predicted molar refractivity (Wildman–Crippen MR) is 114 cm³/mol. The van der Waals surface area contributed by atoms with E-state index in [-0.39, 0.29) is 29.3 Å². The first-order valence-electron chi connectivity index (χ1n) is 10.3. The number of aromatic nitrogens is 2. The number of alkyl halides is 3. The van der Waals surface area contributed by atoms with E-state index in [1.165, 1.54) is 13.2 Å². The molecule has 1 aromatic carbocycles. The highest BCUT2D eigenvalue weighted by Crippen LogP contribution is 2.41. The summed E-state index contributed by atoms with van der Waals surface area (Å²) in [5.41, 5.74) is 2.77. The van der Waals surface area contributed by atoms with Crippen molar-refractivity contribution in [3.63, 3.8) is 0 Å². The minimum Gasteiger partial charge on any atom is -0.496 e. The molecule has 3 aromatic rings. The second-order valence-electron chi connectivity index (χ2n) is 8.25. The highest BCUT2D eigenvalue weighted by molar-refractivity contribution is 6.24. The van der Waals surface area contributed by atoms with Gasteiger partial charge in [-0.05, 0) is 48.6 Å². The third kappa shape index (κ3) is 3.82. The second kappa shape index (κ2) is 8.01. The number of pyridine rings is 1. The van der Waals surface area contributed by atoms with Crippen molar-refractivity contribution in [1.29, 1.82) is 0 Å². The van der Waals surface area contributed by atoms with Crippen LogP contribution in [0.25, 0.3) is 16.9 Å². The Bertz CT molecular complexity index is 1190. The van der Waals surface area contributed by atoms with E-state index in [1.807, 2.05) is 22.7 Å². The van der Waals surface area contributed by atoms with Crippen LogP contribution in [0.4, 0.5) is 8.78 Å². The number of ether oxygens (including phenoxy) is 3. The molecule has 0 amide bonds. The van der Waals surface area contributed by atoms with Crippen LogP contribution in [0.2, 0.25) is 0 Å². The summed E-state index contributed by atoms with van der Waals surface area (Å²) < 4.78 is 43.6. The normalized spacial score (nSPS) is 17.4. The number of halogens is 3. The van der Waals surface area contributed by atoms with E-state index >= 15 is 0 Å². The smallest absolute Gasteiger partial charge is 0.387 e. The molecule has 1 aliphatic carbocycles. The summed E-state index contributed by atoms with van der Waals surface area (Å²) in [5.74, 6) is 0.0367. The van der Waals surface area contributed by atoms with Crippen LogP contribution < -0.4 is 9.47 Å². The maximum atomic E-state index is 13.2. The zero-order valence-electron chi connectivity index (χ0n) is 17.3. The minimum atomic E-state index is -3.07. The standard InChI is InChI=1S/C23H21ClF2N2O4/c1-30-18-7-14(8-19(32-22(25)26)21(18)17(29)6-13-2-3-13)16-10-27-20-9-15(4-5-28(16)20)23(24)11-31-12-23/h4-5,7-10,13,22H,2-3,6,11-12H2,1H3. The molecule has 2 aromatic heterocycles. The van der Waals surface area contributed by atoms with Crippen LogP contribution in [0.3, 0.4) is 0 Å². The monoisotopic (exact) mass is 462 g/mol. The SMILES string of the molecule is COc1cc(-c2cnc3cc(C4(Cl)COC4)ccn23)cc(OC(F)F)c1C(=O)CC1CC1. The van der Waals surface area contributed by atoms with Crippen molar-refractivity contribution in [1.82, 2.24) is 9.38 Å². The topological polar surface area (TPSA) is 62.1 Å². The van der Waals surface area contributed by atoms with Gasteiger partial charge < -0.3 is 14.2 Å². The fourth-order valence-corrected chi connectivity index (χ4v) is 4.24. The van der Waals surface area contributed by atoms with Crippen molar-refractivity contribution in [2.24, 2.45) is 5.92 Å². The Morgan fingerprint density at radius 3 is 2.69 bits per heavy atom. The summed E-state index contributed by atoms with van der Waals surface area (Å²) in [6.45, 7) is -2.21. The number of imidazole rings is 1. The van der Waals surface area contributed by atoms with E-state index in [1.54, 1.807) is 12.3 Å². The fourth-order valence-electron chi connectivity index (χ4n) is 3.97. The molecule has 2 fully saturated rings. The molecule has 0 atom stereocenters. The Balaban J connectivity index is 1.58. The van der Waals surface area contributed by atoms with Gasteiger partial charge in [-0.25, -0.2) is 4.98 Å². The molecule has 1 saturated heterocycles. The van der Waals surface area contributed by atoms with E-state index in [0.29, 0.717) is 36.0 Å². The van der Waals surface area contributed by atoms with Gasteiger partial charge in [0.2, 0.25) is 0 Å². The number of rotatable bonds is 8. The molecule has 0 spiro atoms. The zero-order valence-corrected chi connectivity index (χ0v) is 18.1. The molecule has 5 rings (SSSR count). The number of nitrogens with zero attached hydrogens (tertiary/aromatic N) is 2. The molecule has 1 aliphatic heterocycles.